The van der Waals surface area contributed by atoms with E-state index in [1.54, 1.807) is 7.11 Å². The highest BCUT2D eigenvalue weighted by Gasteiger charge is 2.18. The van der Waals surface area contributed by atoms with Gasteiger partial charge in [-0.15, -0.1) is 0 Å². The molecule has 2 unspecified atom stereocenters. The van der Waals surface area contributed by atoms with Crippen LogP contribution in [-0.4, -0.2) is 19.8 Å². The molecule has 1 aromatic rings. The van der Waals surface area contributed by atoms with Gasteiger partial charge in [0.2, 0.25) is 0 Å². The van der Waals surface area contributed by atoms with Crippen molar-refractivity contribution >= 4 is 0 Å². The second kappa shape index (κ2) is 9.17. The lowest BCUT2D eigenvalue weighted by Crippen LogP contribution is -2.33. The Kier molecular flexibility index (Phi) is 7.22. The van der Waals surface area contributed by atoms with Crippen LogP contribution in [0.2, 0.25) is 0 Å². The van der Waals surface area contributed by atoms with Crippen LogP contribution in [0.4, 0.5) is 0 Å². The highest BCUT2D eigenvalue weighted by atomic mass is 16.5. The molecule has 0 aliphatic heterocycles. The van der Waals surface area contributed by atoms with Crippen molar-refractivity contribution in [2.75, 3.05) is 13.7 Å². The van der Waals surface area contributed by atoms with E-state index in [1.165, 1.54) is 31.2 Å². The zero-order valence-corrected chi connectivity index (χ0v) is 15.2. The van der Waals surface area contributed by atoms with Crippen molar-refractivity contribution in [2.45, 2.75) is 65.5 Å². The first-order chi connectivity index (χ1) is 11.1. The normalized spacial score (nSPS) is 21.4. The summed E-state index contributed by atoms with van der Waals surface area (Å²) in [6.07, 6.45) is 6.40. The van der Waals surface area contributed by atoms with E-state index in [9.17, 15) is 0 Å². The summed E-state index contributed by atoms with van der Waals surface area (Å²) in [6.45, 7) is 8.43. The predicted molar refractivity (Wildman–Crippen MR) is 96.2 cm³/mol. The minimum Gasteiger partial charge on any atom is -0.493 e. The van der Waals surface area contributed by atoms with Crippen LogP contribution in [0.25, 0.3) is 0 Å². The fourth-order valence-electron chi connectivity index (χ4n) is 3.23. The Morgan fingerprint density at radius 2 is 2.04 bits per heavy atom. The quantitative estimate of drug-likeness (QED) is 0.747. The van der Waals surface area contributed by atoms with E-state index in [2.05, 4.69) is 38.2 Å². The van der Waals surface area contributed by atoms with Gasteiger partial charge in [-0.1, -0.05) is 39.7 Å². The van der Waals surface area contributed by atoms with Gasteiger partial charge >= 0.3 is 0 Å². The van der Waals surface area contributed by atoms with E-state index < -0.39 is 0 Å². The summed E-state index contributed by atoms with van der Waals surface area (Å²) in [6, 6.07) is 6.95. The lowest BCUT2D eigenvalue weighted by atomic mass is 9.87. The molecule has 3 nitrogen and oxygen atoms in total. The first-order valence-corrected chi connectivity index (χ1v) is 9.11. The van der Waals surface area contributed by atoms with Gasteiger partial charge in [0.25, 0.3) is 0 Å². The first-order valence-electron chi connectivity index (χ1n) is 9.11. The fourth-order valence-corrected chi connectivity index (χ4v) is 3.23. The van der Waals surface area contributed by atoms with E-state index in [4.69, 9.17) is 9.47 Å². The maximum atomic E-state index is 5.86. The van der Waals surface area contributed by atoms with Crippen LogP contribution < -0.4 is 14.8 Å². The molecule has 1 aliphatic carbocycles. The molecule has 1 aromatic carbocycles. The molecule has 1 saturated carbocycles. The maximum absolute atomic E-state index is 5.86. The van der Waals surface area contributed by atoms with Crippen LogP contribution >= 0.6 is 0 Å². The average Bonchev–Trinajstić information content (AvgIpc) is 2.53. The van der Waals surface area contributed by atoms with E-state index in [0.717, 1.165) is 37.0 Å². The van der Waals surface area contributed by atoms with Crippen LogP contribution in [0.3, 0.4) is 0 Å². The smallest absolute Gasteiger partial charge is 0.161 e. The van der Waals surface area contributed by atoms with Crippen molar-refractivity contribution in [1.29, 1.82) is 0 Å². The first kappa shape index (κ1) is 18.1. The Labute approximate surface area is 141 Å². The minimum atomic E-state index is 0.655. The van der Waals surface area contributed by atoms with Crippen LogP contribution in [0.15, 0.2) is 18.2 Å². The Morgan fingerprint density at radius 1 is 1.22 bits per heavy atom. The van der Waals surface area contributed by atoms with E-state index in [1.807, 2.05) is 6.07 Å². The Hall–Kier alpha value is -1.22. The highest BCUT2D eigenvalue weighted by Crippen LogP contribution is 2.29. The molecule has 130 valence electrons. The van der Waals surface area contributed by atoms with Crippen molar-refractivity contribution in [3.8, 4) is 11.5 Å². The van der Waals surface area contributed by atoms with Crippen LogP contribution in [0.5, 0.6) is 11.5 Å². The lowest BCUT2D eigenvalue weighted by molar-refractivity contribution is 0.272. The molecule has 1 fully saturated rings. The second-order valence-corrected chi connectivity index (χ2v) is 7.37. The second-order valence-electron chi connectivity index (χ2n) is 7.37. The Balaban J connectivity index is 1.87. The largest absolute Gasteiger partial charge is 0.493 e. The summed E-state index contributed by atoms with van der Waals surface area (Å²) >= 11 is 0. The standard InChI is InChI=1S/C20H33NO2/c1-15(2)10-11-23-19-9-8-17(13-20(19)22-4)14-21-18-7-5-6-16(3)12-18/h8-9,13,15-16,18,21H,5-7,10-12,14H2,1-4H3. The average molecular weight is 319 g/mol. The number of nitrogens with one attached hydrogen (secondary N) is 1. The molecule has 1 N–H and O–H groups in total. The zero-order chi connectivity index (χ0) is 16.7. The number of methoxy groups -OCH3 is 1. The molecular formula is C20H33NO2. The molecule has 3 heteroatoms. The van der Waals surface area contributed by atoms with E-state index >= 15 is 0 Å². The number of hydrogen-bond acceptors (Lipinski definition) is 3. The number of benzene rings is 1. The molecule has 0 bridgehead atoms. The molecule has 1 aliphatic rings. The zero-order valence-electron chi connectivity index (χ0n) is 15.2. The number of hydrogen-bond donors (Lipinski definition) is 1. The summed E-state index contributed by atoms with van der Waals surface area (Å²) in [5.41, 5.74) is 1.26. The third-order valence-corrected chi connectivity index (χ3v) is 4.71. The van der Waals surface area contributed by atoms with Crippen molar-refractivity contribution in [3.63, 3.8) is 0 Å². The van der Waals surface area contributed by atoms with Gasteiger partial charge in [-0.2, -0.15) is 0 Å². The topological polar surface area (TPSA) is 30.5 Å². The van der Waals surface area contributed by atoms with E-state index in [0.29, 0.717) is 12.0 Å². The third-order valence-electron chi connectivity index (χ3n) is 4.71. The van der Waals surface area contributed by atoms with Crippen molar-refractivity contribution in [3.05, 3.63) is 23.8 Å². The monoisotopic (exact) mass is 319 g/mol. The van der Waals surface area contributed by atoms with Gasteiger partial charge in [0, 0.05) is 12.6 Å². The summed E-state index contributed by atoms with van der Waals surface area (Å²) in [7, 11) is 1.71. The molecule has 0 amide bonds. The van der Waals surface area contributed by atoms with Gasteiger partial charge in [0.15, 0.2) is 11.5 Å². The number of ether oxygens (including phenoxy) is 2. The minimum absolute atomic E-state index is 0.655. The molecule has 0 heterocycles. The summed E-state index contributed by atoms with van der Waals surface area (Å²) in [4.78, 5) is 0. The molecule has 0 saturated heterocycles. The molecular weight excluding hydrogens is 286 g/mol. The Bertz CT molecular complexity index is 473. The van der Waals surface area contributed by atoms with Gasteiger partial charge in [-0.25, -0.2) is 0 Å². The maximum Gasteiger partial charge on any atom is 0.161 e. The molecule has 0 radical (unpaired) electrons. The summed E-state index contributed by atoms with van der Waals surface area (Å²) in [5.74, 6) is 3.20. The molecule has 2 atom stereocenters. The van der Waals surface area contributed by atoms with Crippen molar-refractivity contribution in [1.82, 2.24) is 5.32 Å². The fraction of sp³-hybridized carbons (Fsp3) is 0.700. The summed E-state index contributed by atoms with van der Waals surface area (Å²) in [5, 5.41) is 3.70. The van der Waals surface area contributed by atoms with Gasteiger partial charge in [-0.3, -0.25) is 0 Å². The third kappa shape index (κ3) is 6.06. The molecule has 23 heavy (non-hydrogen) atoms. The van der Waals surface area contributed by atoms with Gasteiger partial charge in [0.1, 0.15) is 0 Å². The Morgan fingerprint density at radius 3 is 2.74 bits per heavy atom. The van der Waals surface area contributed by atoms with Crippen LogP contribution in [0, 0.1) is 11.8 Å². The van der Waals surface area contributed by atoms with Crippen molar-refractivity contribution < 1.29 is 9.47 Å². The lowest BCUT2D eigenvalue weighted by Gasteiger charge is -2.27. The predicted octanol–water partition coefficient (Wildman–Crippen LogP) is 4.79. The SMILES string of the molecule is COc1cc(CNC2CCCC(C)C2)ccc1OCCC(C)C. The summed E-state index contributed by atoms with van der Waals surface area (Å²) < 4.78 is 11.4. The van der Waals surface area contributed by atoms with Crippen LogP contribution in [-0.2, 0) is 6.54 Å². The van der Waals surface area contributed by atoms with Crippen molar-refractivity contribution in [2.24, 2.45) is 11.8 Å². The van der Waals surface area contributed by atoms with Gasteiger partial charge in [-0.05, 0) is 48.8 Å². The van der Waals surface area contributed by atoms with E-state index in [-0.39, 0.29) is 0 Å². The molecule has 2 rings (SSSR count). The van der Waals surface area contributed by atoms with Gasteiger partial charge in [0.05, 0.1) is 13.7 Å². The number of rotatable bonds is 8. The van der Waals surface area contributed by atoms with Crippen LogP contribution in [0.1, 0.15) is 58.4 Å². The highest BCUT2D eigenvalue weighted by molar-refractivity contribution is 5.43. The van der Waals surface area contributed by atoms with Gasteiger partial charge < -0.3 is 14.8 Å². The molecule has 0 aromatic heterocycles. The molecule has 0 spiro atoms.